The van der Waals surface area contributed by atoms with E-state index in [1.807, 2.05) is 6.92 Å². The van der Waals surface area contributed by atoms with Gasteiger partial charge in [0.05, 0.1) is 6.10 Å². The number of rotatable bonds is 8. The summed E-state index contributed by atoms with van der Waals surface area (Å²) in [6.45, 7) is 14.9. The first kappa shape index (κ1) is 17.0. The minimum atomic E-state index is 0.209. The second-order valence-electron chi connectivity index (χ2n) is 6.54. The fourth-order valence-corrected chi connectivity index (χ4v) is 2.29. The predicted octanol–water partition coefficient (Wildman–Crippen LogP) is 3.95. The van der Waals surface area contributed by atoms with E-state index in [-0.39, 0.29) is 6.10 Å². The molecule has 0 fully saturated rings. The molecule has 114 valence electrons. The molecule has 0 aliphatic rings. The van der Waals surface area contributed by atoms with Gasteiger partial charge in [-0.2, -0.15) is 0 Å². The Morgan fingerprint density at radius 3 is 2.40 bits per heavy atom. The van der Waals surface area contributed by atoms with Crippen LogP contribution in [-0.4, -0.2) is 17.6 Å². The van der Waals surface area contributed by atoms with Crippen LogP contribution in [0.1, 0.15) is 52.3 Å². The molecule has 1 rings (SSSR count). The number of nitrogens with one attached hydrogen (secondary N) is 1. The van der Waals surface area contributed by atoms with E-state index in [0.29, 0.717) is 11.8 Å². The smallest absolute Gasteiger partial charge is 0.214 e. The minimum Gasteiger partial charge on any atom is -0.475 e. The van der Waals surface area contributed by atoms with Crippen LogP contribution in [0.4, 0.5) is 0 Å². The summed E-state index contributed by atoms with van der Waals surface area (Å²) in [5.74, 6) is 2.06. The molecular weight excluding hydrogens is 248 g/mol. The first-order chi connectivity index (χ1) is 9.36. The lowest BCUT2D eigenvalue weighted by Crippen LogP contribution is -2.19. The fourth-order valence-electron chi connectivity index (χ4n) is 2.29. The Kier molecular flexibility index (Phi) is 7.00. The van der Waals surface area contributed by atoms with Crippen LogP contribution in [0, 0.1) is 18.8 Å². The number of hydrogen-bond acceptors (Lipinski definition) is 3. The highest BCUT2D eigenvalue weighted by atomic mass is 16.5. The Balaban J connectivity index is 2.61. The zero-order valence-corrected chi connectivity index (χ0v) is 13.9. The van der Waals surface area contributed by atoms with Crippen molar-refractivity contribution < 1.29 is 4.74 Å². The molecule has 3 heteroatoms. The Labute approximate surface area is 124 Å². The van der Waals surface area contributed by atoms with Gasteiger partial charge in [-0.3, -0.25) is 0 Å². The first-order valence-electron chi connectivity index (χ1n) is 7.71. The maximum atomic E-state index is 5.94. The van der Waals surface area contributed by atoms with Crippen LogP contribution in [0.2, 0.25) is 0 Å². The molecule has 0 bridgehead atoms. The number of pyridine rings is 1. The molecule has 1 N–H and O–H groups in total. The number of hydrogen-bond donors (Lipinski definition) is 1. The fraction of sp³-hybridized carbons (Fsp3) is 0.706. The third-order valence-electron chi connectivity index (χ3n) is 3.00. The summed E-state index contributed by atoms with van der Waals surface area (Å²) in [6.07, 6.45) is 1.26. The molecule has 1 heterocycles. The van der Waals surface area contributed by atoms with Crippen molar-refractivity contribution in [2.24, 2.45) is 11.8 Å². The highest BCUT2D eigenvalue weighted by Crippen LogP contribution is 2.16. The van der Waals surface area contributed by atoms with Crippen molar-refractivity contribution in [2.75, 3.05) is 6.54 Å². The standard InChI is InChI=1S/C17H30N2O/c1-12(2)7-15(6)20-17-9-16(8-14(5)19-17)11-18-10-13(3)4/h8-9,12-13,15,18H,7,10-11H2,1-6H3. The summed E-state index contributed by atoms with van der Waals surface area (Å²) >= 11 is 0. The van der Waals surface area contributed by atoms with Crippen LogP contribution in [0.25, 0.3) is 0 Å². The van der Waals surface area contributed by atoms with E-state index in [0.717, 1.165) is 31.1 Å². The summed E-state index contributed by atoms with van der Waals surface area (Å²) in [7, 11) is 0. The van der Waals surface area contributed by atoms with Crippen molar-refractivity contribution in [3.8, 4) is 5.88 Å². The van der Waals surface area contributed by atoms with Gasteiger partial charge in [0, 0.05) is 18.3 Å². The van der Waals surface area contributed by atoms with Gasteiger partial charge in [0.1, 0.15) is 0 Å². The molecule has 0 radical (unpaired) electrons. The Bertz CT molecular complexity index is 402. The average molecular weight is 278 g/mol. The maximum Gasteiger partial charge on any atom is 0.214 e. The third kappa shape index (κ3) is 6.90. The van der Waals surface area contributed by atoms with Crippen molar-refractivity contribution in [1.29, 1.82) is 0 Å². The molecule has 0 aliphatic carbocycles. The molecule has 0 saturated carbocycles. The van der Waals surface area contributed by atoms with Crippen molar-refractivity contribution in [2.45, 2.75) is 60.6 Å². The van der Waals surface area contributed by atoms with Gasteiger partial charge in [0.15, 0.2) is 0 Å². The van der Waals surface area contributed by atoms with Crippen molar-refractivity contribution in [3.63, 3.8) is 0 Å². The second kappa shape index (κ2) is 8.25. The zero-order chi connectivity index (χ0) is 15.1. The van der Waals surface area contributed by atoms with E-state index >= 15 is 0 Å². The monoisotopic (exact) mass is 278 g/mol. The van der Waals surface area contributed by atoms with Gasteiger partial charge in [0.2, 0.25) is 5.88 Å². The van der Waals surface area contributed by atoms with Gasteiger partial charge in [-0.1, -0.05) is 27.7 Å². The summed E-state index contributed by atoms with van der Waals surface area (Å²) in [5, 5.41) is 3.46. The summed E-state index contributed by atoms with van der Waals surface area (Å²) < 4.78 is 5.94. The van der Waals surface area contributed by atoms with Crippen LogP contribution in [0.15, 0.2) is 12.1 Å². The van der Waals surface area contributed by atoms with Crippen LogP contribution in [-0.2, 0) is 6.54 Å². The Morgan fingerprint density at radius 2 is 1.80 bits per heavy atom. The van der Waals surface area contributed by atoms with Crippen LogP contribution >= 0.6 is 0 Å². The molecule has 20 heavy (non-hydrogen) atoms. The van der Waals surface area contributed by atoms with Crippen LogP contribution in [0.3, 0.4) is 0 Å². The minimum absolute atomic E-state index is 0.209. The summed E-state index contributed by atoms with van der Waals surface area (Å²) in [4.78, 5) is 4.47. The molecule has 1 aromatic heterocycles. The van der Waals surface area contributed by atoms with E-state index < -0.39 is 0 Å². The number of nitrogens with zero attached hydrogens (tertiary/aromatic N) is 1. The number of ether oxygens (including phenoxy) is 1. The van der Waals surface area contributed by atoms with Gasteiger partial charge in [-0.25, -0.2) is 4.98 Å². The van der Waals surface area contributed by atoms with Gasteiger partial charge in [-0.05, 0) is 50.3 Å². The second-order valence-corrected chi connectivity index (χ2v) is 6.54. The van der Waals surface area contributed by atoms with Gasteiger partial charge in [0.25, 0.3) is 0 Å². The van der Waals surface area contributed by atoms with E-state index in [1.54, 1.807) is 0 Å². The van der Waals surface area contributed by atoms with E-state index in [4.69, 9.17) is 4.74 Å². The van der Waals surface area contributed by atoms with Crippen molar-refractivity contribution >= 4 is 0 Å². The lowest BCUT2D eigenvalue weighted by molar-refractivity contribution is 0.185. The largest absolute Gasteiger partial charge is 0.475 e. The van der Waals surface area contributed by atoms with Crippen molar-refractivity contribution in [3.05, 3.63) is 23.4 Å². The van der Waals surface area contributed by atoms with E-state index in [1.165, 1.54) is 5.56 Å². The lowest BCUT2D eigenvalue weighted by Gasteiger charge is -2.17. The molecule has 1 aromatic rings. The molecule has 1 unspecified atom stereocenters. The lowest BCUT2D eigenvalue weighted by atomic mass is 10.1. The Hall–Kier alpha value is -1.09. The Morgan fingerprint density at radius 1 is 1.10 bits per heavy atom. The predicted molar refractivity (Wildman–Crippen MR) is 85.1 cm³/mol. The quantitative estimate of drug-likeness (QED) is 0.782. The molecule has 0 aromatic carbocycles. The molecule has 3 nitrogen and oxygen atoms in total. The van der Waals surface area contributed by atoms with Crippen LogP contribution in [0.5, 0.6) is 5.88 Å². The van der Waals surface area contributed by atoms with E-state index in [9.17, 15) is 0 Å². The molecule has 0 aliphatic heterocycles. The molecule has 0 spiro atoms. The molecule has 1 atom stereocenters. The van der Waals surface area contributed by atoms with Gasteiger partial charge in [-0.15, -0.1) is 0 Å². The summed E-state index contributed by atoms with van der Waals surface area (Å²) in [6, 6.07) is 4.17. The molecular formula is C17H30N2O. The third-order valence-corrected chi connectivity index (χ3v) is 3.00. The molecule has 0 saturated heterocycles. The van der Waals surface area contributed by atoms with Crippen LogP contribution < -0.4 is 10.1 Å². The van der Waals surface area contributed by atoms with E-state index in [2.05, 4.69) is 57.1 Å². The number of aromatic nitrogens is 1. The first-order valence-corrected chi connectivity index (χ1v) is 7.71. The number of aryl methyl sites for hydroxylation is 1. The maximum absolute atomic E-state index is 5.94. The summed E-state index contributed by atoms with van der Waals surface area (Å²) in [5.41, 5.74) is 2.26. The average Bonchev–Trinajstić information content (AvgIpc) is 2.25. The van der Waals surface area contributed by atoms with Crippen molar-refractivity contribution in [1.82, 2.24) is 10.3 Å². The SMILES string of the molecule is Cc1cc(CNCC(C)C)cc(OC(C)CC(C)C)n1. The normalized spacial score (nSPS) is 13.0. The topological polar surface area (TPSA) is 34.1 Å². The van der Waals surface area contributed by atoms with Gasteiger partial charge >= 0.3 is 0 Å². The highest BCUT2D eigenvalue weighted by Gasteiger charge is 2.09. The zero-order valence-electron chi connectivity index (χ0n) is 13.9. The molecule has 0 amide bonds. The highest BCUT2D eigenvalue weighted by molar-refractivity contribution is 5.24. The van der Waals surface area contributed by atoms with Gasteiger partial charge < -0.3 is 10.1 Å².